The van der Waals surface area contributed by atoms with E-state index in [1.54, 1.807) is 0 Å². The number of benzene rings is 2. The van der Waals surface area contributed by atoms with Crippen LogP contribution >= 0.6 is 11.6 Å². The first-order valence-corrected chi connectivity index (χ1v) is 7.70. The van der Waals surface area contributed by atoms with E-state index in [9.17, 15) is 0 Å². The van der Waals surface area contributed by atoms with Crippen LogP contribution in [-0.2, 0) is 11.3 Å². The summed E-state index contributed by atoms with van der Waals surface area (Å²) in [6.45, 7) is 6.44. The molecule has 0 amide bonds. The zero-order valence-corrected chi connectivity index (χ0v) is 13.4. The monoisotopic (exact) mass is 303 g/mol. The molecule has 0 saturated carbocycles. The molecule has 2 aromatic carbocycles. The lowest BCUT2D eigenvalue weighted by molar-refractivity contribution is 0.0402. The molecule has 0 saturated heterocycles. The number of nitrogens with one attached hydrogen (secondary N) is 1. The summed E-state index contributed by atoms with van der Waals surface area (Å²) >= 11 is 6.19. The number of rotatable bonds is 7. The number of aryl methyl sites for hydroxylation is 1. The number of ether oxygens (including phenoxy) is 1. The second-order valence-electron chi connectivity index (χ2n) is 5.11. The molecule has 0 aromatic heterocycles. The zero-order chi connectivity index (χ0) is 15.1. The van der Waals surface area contributed by atoms with E-state index in [1.807, 2.05) is 24.3 Å². The van der Waals surface area contributed by atoms with Crippen molar-refractivity contribution < 1.29 is 4.74 Å². The van der Waals surface area contributed by atoms with Crippen LogP contribution in [0, 0.1) is 6.92 Å². The van der Waals surface area contributed by atoms with Crippen molar-refractivity contribution in [3.63, 3.8) is 0 Å². The highest BCUT2D eigenvalue weighted by molar-refractivity contribution is 6.31. The van der Waals surface area contributed by atoms with Crippen molar-refractivity contribution >= 4 is 11.6 Å². The first-order chi connectivity index (χ1) is 10.2. The average Bonchev–Trinajstić information content (AvgIpc) is 2.49. The van der Waals surface area contributed by atoms with Crippen LogP contribution in [0.4, 0.5) is 0 Å². The molecular formula is C18H22ClNO. The summed E-state index contributed by atoms with van der Waals surface area (Å²) in [6.07, 6.45) is 0.0288. The van der Waals surface area contributed by atoms with E-state index < -0.39 is 0 Å². The van der Waals surface area contributed by atoms with Gasteiger partial charge in [0.05, 0.1) is 12.7 Å². The fraction of sp³-hybridized carbons (Fsp3) is 0.333. The van der Waals surface area contributed by atoms with Crippen LogP contribution in [0.2, 0.25) is 5.02 Å². The lowest BCUT2D eigenvalue weighted by atomic mass is 10.1. The minimum absolute atomic E-state index is 0.0288. The standard InChI is InChI=1S/C18H22ClNO/c1-3-20-12-18(15-9-6-7-14(2)11-15)21-13-16-8-4-5-10-17(16)19/h4-11,18,20H,3,12-13H2,1-2H3. The van der Waals surface area contributed by atoms with Gasteiger partial charge in [-0.1, -0.05) is 66.6 Å². The first-order valence-electron chi connectivity index (χ1n) is 7.33. The molecule has 3 heteroatoms. The molecule has 1 N–H and O–H groups in total. The summed E-state index contributed by atoms with van der Waals surface area (Å²) in [4.78, 5) is 0. The summed E-state index contributed by atoms with van der Waals surface area (Å²) < 4.78 is 6.11. The Bertz CT molecular complexity index is 571. The summed E-state index contributed by atoms with van der Waals surface area (Å²) in [5.74, 6) is 0. The van der Waals surface area contributed by atoms with E-state index >= 15 is 0 Å². The molecule has 0 heterocycles. The Labute approximate surface area is 132 Å². The van der Waals surface area contributed by atoms with Gasteiger partial charge >= 0.3 is 0 Å². The van der Waals surface area contributed by atoms with Gasteiger partial charge in [0.25, 0.3) is 0 Å². The largest absolute Gasteiger partial charge is 0.367 e. The highest BCUT2D eigenvalue weighted by Crippen LogP contribution is 2.22. The SMILES string of the molecule is CCNCC(OCc1ccccc1Cl)c1cccc(C)c1. The van der Waals surface area contributed by atoms with Gasteiger partial charge in [-0.05, 0) is 30.7 Å². The van der Waals surface area contributed by atoms with Gasteiger partial charge in [0.1, 0.15) is 0 Å². The average molecular weight is 304 g/mol. The third kappa shape index (κ3) is 4.85. The summed E-state index contributed by atoms with van der Waals surface area (Å²) in [7, 11) is 0. The molecule has 0 radical (unpaired) electrons. The van der Waals surface area contributed by atoms with Gasteiger partial charge in [0.2, 0.25) is 0 Å². The lowest BCUT2D eigenvalue weighted by Gasteiger charge is -2.19. The van der Waals surface area contributed by atoms with E-state index in [0.717, 1.165) is 23.7 Å². The van der Waals surface area contributed by atoms with Crippen LogP contribution < -0.4 is 5.32 Å². The quantitative estimate of drug-likeness (QED) is 0.812. The zero-order valence-electron chi connectivity index (χ0n) is 12.6. The Hall–Kier alpha value is -1.35. The molecule has 21 heavy (non-hydrogen) atoms. The molecule has 1 atom stereocenters. The van der Waals surface area contributed by atoms with Crippen LogP contribution in [0.25, 0.3) is 0 Å². The van der Waals surface area contributed by atoms with Gasteiger partial charge in [0.15, 0.2) is 0 Å². The highest BCUT2D eigenvalue weighted by Gasteiger charge is 2.12. The third-order valence-electron chi connectivity index (χ3n) is 3.39. The van der Waals surface area contributed by atoms with Crippen LogP contribution in [0.1, 0.15) is 29.7 Å². The molecule has 0 aliphatic carbocycles. The van der Waals surface area contributed by atoms with Crippen molar-refractivity contribution in [1.82, 2.24) is 5.32 Å². The molecule has 2 aromatic rings. The summed E-state index contributed by atoms with van der Waals surface area (Å²) in [6, 6.07) is 16.3. The molecule has 1 unspecified atom stereocenters. The predicted molar refractivity (Wildman–Crippen MR) is 88.7 cm³/mol. The normalized spacial score (nSPS) is 12.3. The highest BCUT2D eigenvalue weighted by atomic mass is 35.5. The van der Waals surface area contributed by atoms with E-state index in [2.05, 4.69) is 43.4 Å². The molecule has 112 valence electrons. The Balaban J connectivity index is 2.08. The second kappa shape index (κ2) is 8.18. The number of hydrogen-bond acceptors (Lipinski definition) is 2. The predicted octanol–water partition coefficient (Wildman–Crippen LogP) is 4.52. The fourth-order valence-electron chi connectivity index (χ4n) is 2.22. The number of likely N-dealkylation sites (N-methyl/N-ethyl adjacent to an activating group) is 1. The van der Waals surface area contributed by atoms with E-state index in [1.165, 1.54) is 11.1 Å². The van der Waals surface area contributed by atoms with Crippen LogP contribution in [-0.4, -0.2) is 13.1 Å². The van der Waals surface area contributed by atoms with Crippen molar-refractivity contribution in [2.75, 3.05) is 13.1 Å². The molecule has 0 bridgehead atoms. The smallest absolute Gasteiger partial charge is 0.0953 e. The molecular weight excluding hydrogens is 282 g/mol. The Morgan fingerprint density at radius 2 is 1.95 bits per heavy atom. The Morgan fingerprint density at radius 1 is 1.14 bits per heavy atom. The van der Waals surface area contributed by atoms with Crippen LogP contribution in [0.5, 0.6) is 0 Å². The van der Waals surface area contributed by atoms with Crippen LogP contribution in [0.3, 0.4) is 0 Å². The molecule has 2 rings (SSSR count). The maximum absolute atomic E-state index is 6.19. The van der Waals surface area contributed by atoms with Crippen molar-refractivity contribution in [1.29, 1.82) is 0 Å². The maximum atomic E-state index is 6.19. The second-order valence-corrected chi connectivity index (χ2v) is 5.52. The molecule has 0 aliphatic rings. The minimum atomic E-state index is 0.0288. The summed E-state index contributed by atoms with van der Waals surface area (Å²) in [5.41, 5.74) is 3.46. The van der Waals surface area contributed by atoms with Gasteiger partial charge in [-0.15, -0.1) is 0 Å². The minimum Gasteiger partial charge on any atom is -0.367 e. The van der Waals surface area contributed by atoms with Gasteiger partial charge in [0, 0.05) is 11.6 Å². The van der Waals surface area contributed by atoms with Crippen molar-refractivity contribution in [2.45, 2.75) is 26.6 Å². The van der Waals surface area contributed by atoms with Gasteiger partial charge in [-0.25, -0.2) is 0 Å². The number of halogens is 1. The van der Waals surface area contributed by atoms with Crippen molar-refractivity contribution in [2.24, 2.45) is 0 Å². The van der Waals surface area contributed by atoms with Crippen molar-refractivity contribution in [3.05, 3.63) is 70.2 Å². The first kappa shape index (κ1) is 16.0. The third-order valence-corrected chi connectivity index (χ3v) is 3.76. The molecule has 2 nitrogen and oxygen atoms in total. The van der Waals surface area contributed by atoms with Gasteiger partial charge < -0.3 is 10.1 Å². The number of hydrogen-bond donors (Lipinski definition) is 1. The topological polar surface area (TPSA) is 21.3 Å². The fourth-order valence-corrected chi connectivity index (χ4v) is 2.41. The Kier molecular flexibility index (Phi) is 6.24. The van der Waals surface area contributed by atoms with E-state index in [4.69, 9.17) is 16.3 Å². The van der Waals surface area contributed by atoms with Crippen LogP contribution in [0.15, 0.2) is 48.5 Å². The molecule has 0 spiro atoms. The van der Waals surface area contributed by atoms with E-state index in [0.29, 0.717) is 6.61 Å². The van der Waals surface area contributed by atoms with Crippen molar-refractivity contribution in [3.8, 4) is 0 Å². The van der Waals surface area contributed by atoms with Gasteiger partial charge in [-0.3, -0.25) is 0 Å². The van der Waals surface area contributed by atoms with Gasteiger partial charge in [-0.2, -0.15) is 0 Å². The molecule has 0 aliphatic heterocycles. The Morgan fingerprint density at radius 3 is 2.67 bits per heavy atom. The molecule has 0 fully saturated rings. The van der Waals surface area contributed by atoms with E-state index in [-0.39, 0.29) is 6.10 Å². The summed E-state index contributed by atoms with van der Waals surface area (Å²) in [5, 5.41) is 4.11. The lowest BCUT2D eigenvalue weighted by Crippen LogP contribution is -2.23. The maximum Gasteiger partial charge on any atom is 0.0953 e.